The molecule has 1 aliphatic heterocycles. The standard InChI is InChI=1S/C12H16INOS/c1-9-5-3-2-4-6-14(9)12(15)10-7-11(13)16-8-10/h7-9H,2-6H2,1H3. The molecule has 1 amide bonds. The van der Waals surface area contributed by atoms with E-state index in [9.17, 15) is 4.79 Å². The molecule has 1 saturated heterocycles. The smallest absolute Gasteiger partial charge is 0.254 e. The van der Waals surface area contributed by atoms with Crippen molar-refractivity contribution in [3.63, 3.8) is 0 Å². The van der Waals surface area contributed by atoms with Gasteiger partial charge in [0.15, 0.2) is 0 Å². The fourth-order valence-electron chi connectivity index (χ4n) is 2.16. The van der Waals surface area contributed by atoms with E-state index in [0.29, 0.717) is 6.04 Å². The number of rotatable bonds is 1. The summed E-state index contributed by atoms with van der Waals surface area (Å²) in [5, 5.41) is 1.97. The van der Waals surface area contributed by atoms with E-state index in [2.05, 4.69) is 29.5 Å². The third kappa shape index (κ3) is 2.77. The van der Waals surface area contributed by atoms with Crippen molar-refractivity contribution in [3.05, 3.63) is 19.9 Å². The predicted molar refractivity (Wildman–Crippen MR) is 76.0 cm³/mol. The topological polar surface area (TPSA) is 20.3 Å². The molecule has 0 N–H and O–H groups in total. The maximum Gasteiger partial charge on any atom is 0.254 e. The first-order valence-corrected chi connectivity index (χ1v) is 7.69. The van der Waals surface area contributed by atoms with Gasteiger partial charge in [0.25, 0.3) is 5.91 Å². The third-order valence-electron chi connectivity index (χ3n) is 3.13. The van der Waals surface area contributed by atoms with Crippen LogP contribution in [0.2, 0.25) is 0 Å². The van der Waals surface area contributed by atoms with Crippen LogP contribution in [0.5, 0.6) is 0 Å². The summed E-state index contributed by atoms with van der Waals surface area (Å²) in [6, 6.07) is 2.39. The average molecular weight is 349 g/mol. The largest absolute Gasteiger partial charge is 0.336 e. The number of hydrogen-bond acceptors (Lipinski definition) is 2. The molecular formula is C12H16INOS. The lowest BCUT2D eigenvalue weighted by Gasteiger charge is -2.26. The summed E-state index contributed by atoms with van der Waals surface area (Å²) in [5.41, 5.74) is 0.864. The molecule has 88 valence electrons. The highest BCUT2D eigenvalue weighted by Gasteiger charge is 2.23. The van der Waals surface area contributed by atoms with Crippen molar-refractivity contribution in [3.8, 4) is 0 Å². The van der Waals surface area contributed by atoms with Crippen LogP contribution in [0, 0.1) is 2.88 Å². The zero-order valence-corrected chi connectivity index (χ0v) is 12.4. The molecule has 2 nitrogen and oxygen atoms in total. The maximum atomic E-state index is 12.3. The summed E-state index contributed by atoms with van der Waals surface area (Å²) in [4.78, 5) is 14.4. The summed E-state index contributed by atoms with van der Waals surface area (Å²) < 4.78 is 1.18. The maximum absolute atomic E-state index is 12.3. The second-order valence-corrected chi connectivity index (χ2v) is 7.14. The Kier molecular flexibility index (Phi) is 4.24. The summed E-state index contributed by atoms with van der Waals surface area (Å²) in [5.74, 6) is 0.216. The van der Waals surface area contributed by atoms with Gasteiger partial charge in [0.05, 0.1) is 8.45 Å². The van der Waals surface area contributed by atoms with Gasteiger partial charge in [0, 0.05) is 18.0 Å². The molecule has 0 bridgehead atoms. The number of thiophene rings is 1. The lowest BCUT2D eigenvalue weighted by atomic mass is 10.1. The van der Waals surface area contributed by atoms with E-state index < -0.39 is 0 Å². The highest BCUT2D eigenvalue weighted by Crippen LogP contribution is 2.22. The van der Waals surface area contributed by atoms with E-state index in [-0.39, 0.29) is 5.91 Å². The molecule has 1 aromatic heterocycles. The fraction of sp³-hybridized carbons (Fsp3) is 0.583. The molecule has 2 heterocycles. The Hall–Kier alpha value is -0.100. The van der Waals surface area contributed by atoms with E-state index in [1.807, 2.05) is 16.3 Å². The van der Waals surface area contributed by atoms with Gasteiger partial charge in [-0.05, 0) is 48.4 Å². The van der Waals surface area contributed by atoms with E-state index in [0.717, 1.165) is 24.9 Å². The lowest BCUT2D eigenvalue weighted by Crippen LogP contribution is -2.38. The quantitative estimate of drug-likeness (QED) is 0.707. The van der Waals surface area contributed by atoms with E-state index >= 15 is 0 Å². The molecule has 1 atom stereocenters. The highest BCUT2D eigenvalue weighted by atomic mass is 127. The van der Waals surface area contributed by atoms with Crippen molar-refractivity contribution in [2.45, 2.75) is 38.6 Å². The Labute approximate surface area is 114 Å². The molecule has 2 rings (SSSR count). The van der Waals surface area contributed by atoms with Gasteiger partial charge in [-0.25, -0.2) is 0 Å². The van der Waals surface area contributed by atoms with Gasteiger partial charge in [-0.15, -0.1) is 11.3 Å². The van der Waals surface area contributed by atoms with Crippen LogP contribution in [0.15, 0.2) is 11.4 Å². The monoisotopic (exact) mass is 349 g/mol. The first kappa shape index (κ1) is 12.4. The number of halogens is 1. The van der Waals surface area contributed by atoms with Crippen molar-refractivity contribution in [1.82, 2.24) is 4.90 Å². The van der Waals surface area contributed by atoms with Gasteiger partial charge in [-0.1, -0.05) is 12.8 Å². The van der Waals surface area contributed by atoms with Gasteiger partial charge in [0.2, 0.25) is 0 Å². The molecule has 0 aromatic carbocycles. The summed E-state index contributed by atoms with van der Waals surface area (Å²) in [6.07, 6.45) is 4.81. The van der Waals surface area contributed by atoms with Crippen LogP contribution >= 0.6 is 33.9 Å². The summed E-state index contributed by atoms with van der Waals surface area (Å²) in [7, 11) is 0. The molecular weight excluding hydrogens is 333 g/mol. The van der Waals surface area contributed by atoms with Crippen LogP contribution in [0.3, 0.4) is 0 Å². The summed E-state index contributed by atoms with van der Waals surface area (Å²) >= 11 is 3.91. The average Bonchev–Trinajstić information content (AvgIpc) is 2.57. The van der Waals surface area contributed by atoms with Gasteiger partial charge in [0.1, 0.15) is 0 Å². The van der Waals surface area contributed by atoms with Crippen LogP contribution in [0.1, 0.15) is 43.0 Å². The lowest BCUT2D eigenvalue weighted by molar-refractivity contribution is 0.0698. The minimum Gasteiger partial charge on any atom is -0.336 e. The molecule has 1 unspecified atom stereocenters. The number of amides is 1. The zero-order valence-electron chi connectivity index (χ0n) is 9.41. The van der Waals surface area contributed by atoms with Crippen LogP contribution < -0.4 is 0 Å². The van der Waals surface area contributed by atoms with Crippen LogP contribution in [-0.4, -0.2) is 23.4 Å². The Morgan fingerprint density at radius 3 is 3.00 bits per heavy atom. The van der Waals surface area contributed by atoms with Crippen molar-refractivity contribution < 1.29 is 4.79 Å². The molecule has 1 aromatic rings. The molecule has 0 saturated carbocycles. The SMILES string of the molecule is CC1CCCCCN1C(=O)c1csc(I)c1. The first-order chi connectivity index (χ1) is 7.68. The number of nitrogens with zero attached hydrogens (tertiary/aromatic N) is 1. The fourth-order valence-corrected chi connectivity index (χ4v) is 3.48. The normalized spacial score (nSPS) is 21.9. The predicted octanol–water partition coefficient (Wildman–Crippen LogP) is 3.76. The van der Waals surface area contributed by atoms with E-state index in [1.165, 1.54) is 15.7 Å². The minimum absolute atomic E-state index is 0.216. The van der Waals surface area contributed by atoms with Crippen molar-refractivity contribution in [1.29, 1.82) is 0 Å². The number of likely N-dealkylation sites (tertiary alicyclic amines) is 1. The first-order valence-electron chi connectivity index (χ1n) is 5.73. The second-order valence-electron chi connectivity index (χ2n) is 4.34. The Morgan fingerprint density at radius 1 is 1.50 bits per heavy atom. The third-order valence-corrected chi connectivity index (χ3v) is 4.92. The zero-order chi connectivity index (χ0) is 11.5. The van der Waals surface area contributed by atoms with Crippen molar-refractivity contribution in [2.75, 3.05) is 6.54 Å². The highest BCUT2D eigenvalue weighted by molar-refractivity contribution is 14.1. The molecule has 16 heavy (non-hydrogen) atoms. The van der Waals surface area contributed by atoms with Gasteiger partial charge in [-0.3, -0.25) is 4.79 Å². The molecule has 0 spiro atoms. The van der Waals surface area contributed by atoms with E-state index in [4.69, 9.17) is 0 Å². The number of hydrogen-bond donors (Lipinski definition) is 0. The van der Waals surface area contributed by atoms with Crippen LogP contribution in [0.25, 0.3) is 0 Å². The van der Waals surface area contributed by atoms with Crippen molar-refractivity contribution in [2.24, 2.45) is 0 Å². The van der Waals surface area contributed by atoms with Gasteiger partial charge < -0.3 is 4.90 Å². The Balaban J connectivity index is 2.13. The Bertz CT molecular complexity index is 377. The molecule has 4 heteroatoms. The van der Waals surface area contributed by atoms with E-state index in [1.54, 1.807) is 11.3 Å². The molecule has 1 fully saturated rings. The minimum atomic E-state index is 0.216. The number of carbonyl (C=O) groups is 1. The van der Waals surface area contributed by atoms with Crippen LogP contribution in [-0.2, 0) is 0 Å². The summed E-state index contributed by atoms with van der Waals surface area (Å²) in [6.45, 7) is 3.09. The van der Waals surface area contributed by atoms with Crippen LogP contribution in [0.4, 0.5) is 0 Å². The second kappa shape index (κ2) is 5.49. The Morgan fingerprint density at radius 2 is 2.31 bits per heavy atom. The number of carbonyl (C=O) groups excluding carboxylic acids is 1. The molecule has 0 radical (unpaired) electrons. The van der Waals surface area contributed by atoms with Crippen molar-refractivity contribution >= 4 is 39.8 Å². The molecule has 0 aliphatic carbocycles. The van der Waals surface area contributed by atoms with Gasteiger partial charge in [-0.2, -0.15) is 0 Å². The molecule has 1 aliphatic rings. The van der Waals surface area contributed by atoms with Gasteiger partial charge >= 0.3 is 0 Å².